The van der Waals surface area contributed by atoms with Gasteiger partial charge in [-0.1, -0.05) is 43.3 Å². The summed E-state index contributed by atoms with van der Waals surface area (Å²) in [4.78, 5) is 36.2. The average Bonchev–Trinajstić information content (AvgIpc) is 3.02. The summed E-state index contributed by atoms with van der Waals surface area (Å²) < 4.78 is 7.74. The fraction of sp³-hybridized carbons (Fsp3) is 0.261. The van der Waals surface area contributed by atoms with Crippen LogP contribution in [0, 0.1) is 0 Å². The number of aliphatic carboxylic acids is 1. The number of nitrogens with two attached hydrogens (primary N) is 1. The Morgan fingerprint density at radius 3 is 2.30 bits per heavy atom. The molecule has 0 atom stereocenters. The standard InChI is InChI=1S/C23H24N2O5/c1-4-15-19(20(26)21(24)27)18-16(25(15)13-14-9-6-5-7-10-14)11-8-12-17(18)30-23(2,3)22(28)29/h5-12H,4,13H2,1-3H3,(H2,24,27)(H,28,29). The molecule has 1 aromatic heterocycles. The van der Waals surface area contributed by atoms with Crippen molar-refractivity contribution in [1.82, 2.24) is 4.57 Å². The first-order valence-corrected chi connectivity index (χ1v) is 9.62. The van der Waals surface area contributed by atoms with E-state index in [1.54, 1.807) is 12.1 Å². The van der Waals surface area contributed by atoms with Crippen molar-refractivity contribution in [2.45, 2.75) is 39.3 Å². The lowest BCUT2D eigenvalue weighted by atomic mass is 10.0. The van der Waals surface area contributed by atoms with Crippen molar-refractivity contribution < 1.29 is 24.2 Å². The number of nitrogens with zero attached hydrogens (tertiary/aromatic N) is 1. The number of benzene rings is 2. The number of aromatic nitrogens is 1. The molecule has 3 aromatic rings. The molecule has 0 unspecified atom stereocenters. The summed E-state index contributed by atoms with van der Waals surface area (Å²) in [5.74, 6) is -2.84. The van der Waals surface area contributed by atoms with Crippen LogP contribution in [0.5, 0.6) is 5.75 Å². The summed E-state index contributed by atoms with van der Waals surface area (Å²) in [7, 11) is 0. The molecule has 0 bridgehead atoms. The number of amides is 1. The van der Waals surface area contributed by atoms with E-state index in [0.717, 1.165) is 5.56 Å². The average molecular weight is 408 g/mol. The second-order valence-corrected chi connectivity index (χ2v) is 7.51. The smallest absolute Gasteiger partial charge is 0.347 e. The highest BCUT2D eigenvalue weighted by Gasteiger charge is 2.33. The molecule has 1 heterocycles. The van der Waals surface area contributed by atoms with Crippen molar-refractivity contribution in [1.29, 1.82) is 0 Å². The van der Waals surface area contributed by atoms with Crippen LogP contribution in [0.1, 0.15) is 42.4 Å². The molecule has 3 rings (SSSR count). The van der Waals surface area contributed by atoms with E-state index in [2.05, 4.69) is 0 Å². The fourth-order valence-electron chi connectivity index (χ4n) is 3.51. The number of carbonyl (C=O) groups excluding carboxylic acids is 2. The first-order valence-electron chi connectivity index (χ1n) is 9.62. The van der Waals surface area contributed by atoms with E-state index in [1.165, 1.54) is 13.8 Å². The van der Waals surface area contributed by atoms with Crippen molar-refractivity contribution in [3.63, 3.8) is 0 Å². The Morgan fingerprint density at radius 1 is 1.07 bits per heavy atom. The molecule has 0 radical (unpaired) electrons. The molecular weight excluding hydrogens is 384 g/mol. The molecule has 0 saturated carbocycles. The van der Waals surface area contributed by atoms with Gasteiger partial charge in [0, 0.05) is 12.2 Å². The Bertz CT molecular complexity index is 1130. The number of fused-ring (bicyclic) bond motifs is 1. The minimum atomic E-state index is -1.53. The van der Waals surface area contributed by atoms with E-state index >= 15 is 0 Å². The van der Waals surface area contributed by atoms with Gasteiger partial charge in [-0.2, -0.15) is 0 Å². The number of carbonyl (C=O) groups is 3. The molecule has 0 spiro atoms. The maximum Gasteiger partial charge on any atom is 0.347 e. The highest BCUT2D eigenvalue weighted by atomic mass is 16.5. The SMILES string of the molecule is CCc1c(C(=O)C(N)=O)c2c(OC(C)(C)C(=O)O)cccc2n1Cc1ccccc1. The molecule has 2 aromatic carbocycles. The van der Waals surface area contributed by atoms with Gasteiger partial charge in [-0.15, -0.1) is 0 Å². The Morgan fingerprint density at radius 2 is 1.73 bits per heavy atom. The van der Waals surface area contributed by atoms with Crippen LogP contribution in [-0.4, -0.2) is 32.9 Å². The summed E-state index contributed by atoms with van der Waals surface area (Å²) in [5, 5.41) is 9.86. The number of hydrogen-bond acceptors (Lipinski definition) is 4. The molecule has 0 saturated heterocycles. The Hall–Kier alpha value is -3.61. The van der Waals surface area contributed by atoms with Crippen LogP contribution >= 0.6 is 0 Å². The van der Waals surface area contributed by atoms with Crippen LogP contribution in [0.25, 0.3) is 10.9 Å². The number of Topliss-reactive ketones (excluding diaryl/α,β-unsaturated/α-hetero) is 1. The third-order valence-electron chi connectivity index (χ3n) is 5.01. The predicted molar refractivity (Wildman–Crippen MR) is 113 cm³/mol. The van der Waals surface area contributed by atoms with E-state index in [-0.39, 0.29) is 11.3 Å². The molecular formula is C23H24N2O5. The molecule has 0 aliphatic rings. The fourth-order valence-corrected chi connectivity index (χ4v) is 3.51. The van der Waals surface area contributed by atoms with Crippen molar-refractivity contribution in [2.24, 2.45) is 5.73 Å². The van der Waals surface area contributed by atoms with Gasteiger partial charge in [0.1, 0.15) is 5.75 Å². The van der Waals surface area contributed by atoms with Gasteiger partial charge in [-0.25, -0.2) is 4.79 Å². The summed E-state index contributed by atoms with van der Waals surface area (Å²) in [5.41, 5.74) is 6.28. The van der Waals surface area contributed by atoms with Gasteiger partial charge in [-0.05, 0) is 38.0 Å². The van der Waals surface area contributed by atoms with Crippen LogP contribution in [0.4, 0.5) is 0 Å². The van der Waals surface area contributed by atoms with Gasteiger partial charge in [0.05, 0.1) is 16.5 Å². The monoisotopic (exact) mass is 408 g/mol. The van der Waals surface area contributed by atoms with Gasteiger partial charge in [0.15, 0.2) is 5.60 Å². The number of carboxylic acid groups (broad SMARTS) is 1. The zero-order valence-electron chi connectivity index (χ0n) is 17.1. The van der Waals surface area contributed by atoms with Crippen molar-refractivity contribution in [2.75, 3.05) is 0 Å². The summed E-state index contributed by atoms with van der Waals surface area (Å²) in [6.07, 6.45) is 0.470. The maximum atomic E-state index is 12.8. The lowest BCUT2D eigenvalue weighted by Gasteiger charge is -2.22. The molecule has 0 fully saturated rings. The number of ketones is 1. The lowest BCUT2D eigenvalue weighted by molar-refractivity contribution is -0.152. The normalized spacial score (nSPS) is 11.4. The topological polar surface area (TPSA) is 112 Å². The third kappa shape index (κ3) is 3.78. The molecule has 7 nitrogen and oxygen atoms in total. The van der Waals surface area contributed by atoms with E-state index in [0.29, 0.717) is 29.6 Å². The Labute approximate surface area is 174 Å². The maximum absolute atomic E-state index is 12.8. The molecule has 156 valence electrons. The highest BCUT2D eigenvalue weighted by Crippen LogP contribution is 2.36. The van der Waals surface area contributed by atoms with Crippen LogP contribution in [0.15, 0.2) is 48.5 Å². The third-order valence-corrected chi connectivity index (χ3v) is 5.01. The number of hydrogen-bond donors (Lipinski definition) is 2. The van der Waals surface area contributed by atoms with E-state index in [4.69, 9.17) is 10.5 Å². The zero-order valence-corrected chi connectivity index (χ0v) is 17.1. The molecule has 1 amide bonds. The van der Waals surface area contributed by atoms with Gasteiger partial charge in [-0.3, -0.25) is 9.59 Å². The largest absolute Gasteiger partial charge is 0.478 e. The first kappa shape index (κ1) is 21.1. The Kier molecular flexibility index (Phi) is 5.64. The highest BCUT2D eigenvalue weighted by molar-refractivity contribution is 6.45. The number of rotatable bonds is 8. The van der Waals surface area contributed by atoms with Crippen LogP contribution in [0.2, 0.25) is 0 Å². The van der Waals surface area contributed by atoms with Crippen molar-refractivity contribution in [3.05, 3.63) is 65.4 Å². The minimum Gasteiger partial charge on any atom is -0.478 e. The molecule has 0 aliphatic heterocycles. The van der Waals surface area contributed by atoms with Crippen LogP contribution in [-0.2, 0) is 22.6 Å². The van der Waals surface area contributed by atoms with Crippen LogP contribution < -0.4 is 10.5 Å². The van der Waals surface area contributed by atoms with Gasteiger partial charge >= 0.3 is 5.97 Å². The summed E-state index contributed by atoms with van der Waals surface area (Å²) in [6.45, 7) is 5.20. The predicted octanol–water partition coefficient (Wildman–Crippen LogP) is 3.16. The summed E-state index contributed by atoms with van der Waals surface area (Å²) >= 11 is 0. The van der Waals surface area contributed by atoms with E-state index in [1.807, 2.05) is 47.9 Å². The zero-order chi connectivity index (χ0) is 22.1. The molecule has 3 N–H and O–H groups in total. The number of carboxylic acids is 1. The van der Waals surface area contributed by atoms with Crippen LogP contribution in [0.3, 0.4) is 0 Å². The number of ether oxygens (including phenoxy) is 1. The van der Waals surface area contributed by atoms with Gasteiger partial charge < -0.3 is 20.1 Å². The van der Waals surface area contributed by atoms with Crippen molar-refractivity contribution in [3.8, 4) is 5.75 Å². The first-order chi connectivity index (χ1) is 14.2. The summed E-state index contributed by atoms with van der Waals surface area (Å²) in [6, 6.07) is 14.8. The quantitative estimate of drug-likeness (QED) is 0.439. The van der Waals surface area contributed by atoms with Crippen molar-refractivity contribution >= 4 is 28.6 Å². The lowest BCUT2D eigenvalue weighted by Crippen LogP contribution is -2.38. The van der Waals surface area contributed by atoms with E-state index < -0.39 is 23.3 Å². The van der Waals surface area contributed by atoms with Gasteiger partial charge in [0.2, 0.25) is 0 Å². The number of primary amides is 1. The molecule has 30 heavy (non-hydrogen) atoms. The second kappa shape index (κ2) is 8.02. The van der Waals surface area contributed by atoms with E-state index in [9.17, 15) is 19.5 Å². The Balaban J connectivity index is 2.32. The second-order valence-electron chi connectivity index (χ2n) is 7.51. The minimum absolute atomic E-state index is 0.160. The molecule has 7 heteroatoms. The molecule has 0 aliphatic carbocycles. The van der Waals surface area contributed by atoms with Gasteiger partial charge in [0.25, 0.3) is 11.7 Å².